The lowest BCUT2D eigenvalue weighted by Crippen LogP contribution is -2.37. The van der Waals surface area contributed by atoms with Gasteiger partial charge in [-0.05, 0) is 61.1 Å². The minimum atomic E-state index is -5.04. The van der Waals surface area contributed by atoms with Gasteiger partial charge >= 0.3 is 24.4 Å². The second kappa shape index (κ2) is 14.0. The maximum Gasteiger partial charge on any atom is 0.434 e. The number of piperidine rings is 1. The van der Waals surface area contributed by atoms with Crippen LogP contribution in [0.3, 0.4) is 0 Å². The Labute approximate surface area is 271 Å². The summed E-state index contributed by atoms with van der Waals surface area (Å²) in [5.74, 6) is -2.00. The van der Waals surface area contributed by atoms with Crippen molar-refractivity contribution in [3.8, 4) is 22.8 Å². The van der Waals surface area contributed by atoms with Crippen molar-refractivity contribution in [1.29, 1.82) is 0 Å². The van der Waals surface area contributed by atoms with Crippen LogP contribution in [0.2, 0.25) is 0 Å². The number of esters is 1. The summed E-state index contributed by atoms with van der Waals surface area (Å²) in [6, 6.07) is 14.3. The van der Waals surface area contributed by atoms with Crippen LogP contribution in [0.1, 0.15) is 58.4 Å². The van der Waals surface area contributed by atoms with E-state index in [9.17, 15) is 35.9 Å². The molecule has 1 aliphatic rings. The molecule has 4 aromatic rings. The van der Waals surface area contributed by atoms with E-state index in [2.05, 4.69) is 10.1 Å². The van der Waals surface area contributed by atoms with Gasteiger partial charge in [0.2, 0.25) is 0 Å². The Morgan fingerprint density at radius 2 is 1.60 bits per heavy atom. The highest BCUT2D eigenvalue weighted by Crippen LogP contribution is 2.42. The number of para-hydroxylation sites is 1. The number of alkyl halides is 6. The molecule has 0 saturated carbocycles. The summed E-state index contributed by atoms with van der Waals surface area (Å²) in [6.45, 7) is 2.10. The first kappa shape index (κ1) is 34.3. The molecule has 0 aliphatic carbocycles. The fraction of sp³-hybridized carbons (Fsp3) is 0.333. The smallest absolute Gasteiger partial charge is 0.434 e. The van der Waals surface area contributed by atoms with E-state index in [0.29, 0.717) is 29.5 Å². The van der Waals surface area contributed by atoms with Crippen molar-refractivity contribution in [3.05, 3.63) is 94.8 Å². The zero-order valence-electron chi connectivity index (χ0n) is 25.8. The number of carbonyl (C=O) groups excluding carboxylic acids is 2. The maximum absolute atomic E-state index is 14.2. The van der Waals surface area contributed by atoms with Crippen molar-refractivity contribution in [2.24, 2.45) is 0 Å². The van der Waals surface area contributed by atoms with E-state index in [-0.39, 0.29) is 36.5 Å². The minimum Gasteiger partial charge on any atom is -0.488 e. The largest absolute Gasteiger partial charge is 0.488 e. The topological polar surface area (TPSA) is 95.8 Å². The van der Waals surface area contributed by atoms with Gasteiger partial charge in [-0.1, -0.05) is 36.4 Å². The van der Waals surface area contributed by atoms with E-state index in [1.54, 1.807) is 17.0 Å². The first-order chi connectivity index (χ1) is 22.8. The van der Waals surface area contributed by atoms with Crippen LogP contribution in [0, 0.1) is 0 Å². The summed E-state index contributed by atoms with van der Waals surface area (Å²) < 4.78 is 100. The van der Waals surface area contributed by atoms with Crippen LogP contribution >= 0.6 is 0 Å². The monoisotopic (exact) mass is 676 g/mol. The predicted molar refractivity (Wildman–Crippen MR) is 159 cm³/mol. The van der Waals surface area contributed by atoms with E-state index in [1.807, 2.05) is 12.1 Å². The third kappa shape index (κ3) is 7.39. The van der Waals surface area contributed by atoms with Gasteiger partial charge in [0.15, 0.2) is 11.5 Å². The fourth-order valence-electron chi connectivity index (χ4n) is 5.53. The van der Waals surface area contributed by atoms with Gasteiger partial charge in [-0.2, -0.15) is 31.4 Å². The van der Waals surface area contributed by atoms with Gasteiger partial charge in [0.25, 0.3) is 0 Å². The van der Waals surface area contributed by atoms with E-state index in [4.69, 9.17) is 14.2 Å². The van der Waals surface area contributed by atoms with Crippen molar-refractivity contribution in [2.45, 2.75) is 44.6 Å². The standard InChI is InChI=1S/C33H30F6N4O5/c1-3-47-30(44)24-18-40-43(29(24)33(37,38)39)27-9-5-8-26(41-27)23-6-4-7-25(32(34,35)36)28(23)48-19-20-10-12-21(13-11-20)22-14-16-42(17-15-22)31(45)46-2/h4-13,18,22H,3,14-17,19H2,1-2H3. The quantitative estimate of drug-likeness (QED) is 0.140. The van der Waals surface area contributed by atoms with E-state index in [0.717, 1.165) is 30.5 Å². The number of likely N-dealkylation sites (tertiary alicyclic amines) is 1. The molecule has 0 bridgehead atoms. The molecule has 1 saturated heterocycles. The third-order valence-electron chi connectivity index (χ3n) is 7.84. The Balaban J connectivity index is 1.43. The van der Waals surface area contributed by atoms with Gasteiger partial charge in [-0.15, -0.1) is 0 Å². The molecule has 15 heteroatoms. The molecule has 0 atom stereocenters. The second-order valence-corrected chi connectivity index (χ2v) is 10.9. The van der Waals surface area contributed by atoms with Crippen LogP contribution < -0.4 is 4.74 Å². The van der Waals surface area contributed by atoms with Gasteiger partial charge in [-0.25, -0.2) is 19.3 Å². The summed E-state index contributed by atoms with van der Waals surface area (Å²) >= 11 is 0. The number of hydrogen-bond acceptors (Lipinski definition) is 7. The van der Waals surface area contributed by atoms with Gasteiger partial charge in [0, 0.05) is 18.7 Å². The van der Waals surface area contributed by atoms with E-state index < -0.39 is 46.7 Å². The Bertz CT molecular complexity index is 1760. The Kier molecular flexibility index (Phi) is 9.96. The first-order valence-corrected chi connectivity index (χ1v) is 14.9. The molecular formula is C33H30F6N4O5. The molecule has 254 valence electrons. The normalized spacial score (nSPS) is 14.1. The number of ether oxygens (including phenoxy) is 3. The van der Waals surface area contributed by atoms with Gasteiger partial charge < -0.3 is 19.1 Å². The maximum atomic E-state index is 14.2. The number of carbonyl (C=O) groups is 2. The molecule has 0 spiro atoms. The fourth-order valence-corrected chi connectivity index (χ4v) is 5.53. The van der Waals surface area contributed by atoms with E-state index in [1.165, 1.54) is 38.3 Å². The summed E-state index contributed by atoms with van der Waals surface area (Å²) in [5, 5.41) is 3.70. The number of hydrogen-bond donors (Lipinski definition) is 0. The van der Waals surface area contributed by atoms with Crippen molar-refractivity contribution >= 4 is 12.1 Å². The highest BCUT2D eigenvalue weighted by atomic mass is 19.4. The molecule has 48 heavy (non-hydrogen) atoms. The van der Waals surface area contributed by atoms with Gasteiger partial charge in [-0.3, -0.25) is 0 Å². The number of nitrogens with zero attached hydrogens (tertiary/aromatic N) is 4. The lowest BCUT2D eigenvalue weighted by atomic mass is 9.89. The van der Waals surface area contributed by atoms with Crippen molar-refractivity contribution in [2.75, 3.05) is 26.8 Å². The average Bonchev–Trinajstić information content (AvgIpc) is 3.54. The predicted octanol–water partition coefficient (Wildman–Crippen LogP) is 7.67. The molecule has 0 unspecified atom stereocenters. The molecule has 0 N–H and O–H groups in total. The second-order valence-electron chi connectivity index (χ2n) is 10.9. The molecule has 1 fully saturated rings. The lowest BCUT2D eigenvalue weighted by molar-refractivity contribution is -0.143. The molecule has 0 radical (unpaired) electrons. The number of halogens is 6. The summed E-state index contributed by atoms with van der Waals surface area (Å²) in [6.07, 6.45) is -8.09. The number of methoxy groups -OCH3 is 1. The first-order valence-electron chi connectivity index (χ1n) is 14.9. The number of amides is 1. The molecule has 1 amide bonds. The van der Waals surface area contributed by atoms with Crippen LogP contribution in [0.15, 0.2) is 66.9 Å². The number of aromatic nitrogens is 3. The summed E-state index contributed by atoms with van der Waals surface area (Å²) in [5.41, 5.74) is -2.02. The Morgan fingerprint density at radius 3 is 2.23 bits per heavy atom. The Morgan fingerprint density at radius 1 is 0.917 bits per heavy atom. The SMILES string of the molecule is CCOC(=O)c1cnn(-c2cccc(-c3cccc(C(F)(F)F)c3OCc3ccc(C4CCN(C(=O)OC)CC4)cc3)n2)c1C(F)(F)F. The summed E-state index contributed by atoms with van der Waals surface area (Å²) in [7, 11) is 1.33. The number of pyridine rings is 1. The highest BCUT2D eigenvalue weighted by Gasteiger charge is 2.41. The van der Waals surface area contributed by atoms with Crippen molar-refractivity contribution in [3.63, 3.8) is 0 Å². The molecular weight excluding hydrogens is 646 g/mol. The minimum absolute atomic E-state index is 0.119. The lowest BCUT2D eigenvalue weighted by Gasteiger charge is -2.31. The van der Waals surface area contributed by atoms with Crippen LogP contribution in [0.25, 0.3) is 17.1 Å². The zero-order valence-corrected chi connectivity index (χ0v) is 25.8. The molecule has 3 heterocycles. The summed E-state index contributed by atoms with van der Waals surface area (Å²) in [4.78, 5) is 29.8. The molecule has 2 aromatic carbocycles. The van der Waals surface area contributed by atoms with Crippen LogP contribution in [-0.4, -0.2) is 58.5 Å². The Hall–Kier alpha value is -5.08. The van der Waals surface area contributed by atoms with Crippen LogP contribution in [0.5, 0.6) is 5.75 Å². The van der Waals surface area contributed by atoms with Gasteiger partial charge in [0.1, 0.15) is 17.9 Å². The molecule has 9 nitrogen and oxygen atoms in total. The molecule has 1 aliphatic heterocycles. The molecule has 5 rings (SSSR count). The number of benzene rings is 2. The average molecular weight is 677 g/mol. The van der Waals surface area contributed by atoms with Crippen LogP contribution in [-0.2, 0) is 28.4 Å². The zero-order chi connectivity index (χ0) is 34.6. The molecule has 2 aromatic heterocycles. The van der Waals surface area contributed by atoms with Gasteiger partial charge in [0.05, 0.1) is 31.2 Å². The van der Waals surface area contributed by atoms with E-state index >= 15 is 0 Å². The van der Waals surface area contributed by atoms with Crippen molar-refractivity contribution < 1.29 is 50.1 Å². The highest BCUT2D eigenvalue weighted by molar-refractivity contribution is 5.90. The third-order valence-corrected chi connectivity index (χ3v) is 7.84. The van der Waals surface area contributed by atoms with Crippen LogP contribution in [0.4, 0.5) is 31.1 Å². The number of rotatable bonds is 8. The van der Waals surface area contributed by atoms with Crippen molar-refractivity contribution in [1.82, 2.24) is 19.7 Å².